The molecule has 2 atom stereocenters. The molecule has 4 heteroatoms. The van der Waals surface area contributed by atoms with Gasteiger partial charge in [0.05, 0.1) is 6.54 Å². The first-order valence-electron chi connectivity index (χ1n) is 7.55. The number of likely N-dealkylation sites (tertiary alicyclic amines) is 1. The van der Waals surface area contributed by atoms with E-state index in [1.54, 1.807) is 7.11 Å². The van der Waals surface area contributed by atoms with Crippen molar-refractivity contribution in [1.29, 1.82) is 0 Å². The standard InChI is InChI=1S/C15H30N2O2/c1-12(2)16-15(18)11-17-8-7-14(10-13(17)3)6-5-9-19-4/h12-14H,5-11H2,1-4H3,(H,16,18)/t13-,14+/m1/s1. The molecule has 1 amide bonds. The van der Waals surface area contributed by atoms with Crippen molar-refractivity contribution in [3.05, 3.63) is 0 Å². The van der Waals surface area contributed by atoms with Gasteiger partial charge in [0.2, 0.25) is 5.91 Å². The Labute approximate surface area is 117 Å². The number of piperidine rings is 1. The highest BCUT2D eigenvalue weighted by molar-refractivity contribution is 5.78. The van der Waals surface area contributed by atoms with E-state index in [9.17, 15) is 4.79 Å². The molecule has 19 heavy (non-hydrogen) atoms. The zero-order chi connectivity index (χ0) is 14.3. The predicted molar refractivity (Wildman–Crippen MR) is 78.1 cm³/mol. The fourth-order valence-electron chi connectivity index (χ4n) is 2.88. The van der Waals surface area contributed by atoms with Gasteiger partial charge < -0.3 is 10.1 Å². The summed E-state index contributed by atoms with van der Waals surface area (Å²) in [5.41, 5.74) is 0. The Bertz CT molecular complexity index is 269. The Balaban J connectivity index is 2.27. The number of hydrogen-bond acceptors (Lipinski definition) is 3. The lowest BCUT2D eigenvalue weighted by atomic mass is 9.88. The summed E-state index contributed by atoms with van der Waals surface area (Å²) in [7, 11) is 1.76. The monoisotopic (exact) mass is 270 g/mol. The summed E-state index contributed by atoms with van der Waals surface area (Å²) in [6, 6.07) is 0.744. The van der Waals surface area contributed by atoms with Gasteiger partial charge in [-0.05, 0) is 58.9 Å². The first-order valence-corrected chi connectivity index (χ1v) is 7.55. The molecule has 0 aromatic rings. The smallest absolute Gasteiger partial charge is 0.234 e. The number of ether oxygens (including phenoxy) is 1. The van der Waals surface area contributed by atoms with E-state index in [1.807, 2.05) is 13.8 Å². The molecular formula is C15H30N2O2. The summed E-state index contributed by atoms with van der Waals surface area (Å²) in [6.07, 6.45) is 4.83. The van der Waals surface area contributed by atoms with Crippen LogP contribution in [0.15, 0.2) is 0 Å². The quantitative estimate of drug-likeness (QED) is 0.720. The van der Waals surface area contributed by atoms with Crippen LogP contribution in [0.1, 0.15) is 46.5 Å². The van der Waals surface area contributed by atoms with Crippen LogP contribution in [0, 0.1) is 5.92 Å². The Kier molecular flexibility index (Phi) is 7.39. The molecule has 112 valence electrons. The summed E-state index contributed by atoms with van der Waals surface area (Å²) in [5, 5.41) is 2.97. The SMILES string of the molecule is COCCC[C@H]1CCN(CC(=O)NC(C)C)[C@H](C)C1. The van der Waals surface area contributed by atoms with Crippen molar-refractivity contribution in [1.82, 2.24) is 10.2 Å². The third kappa shape index (κ3) is 6.39. The number of hydrogen-bond donors (Lipinski definition) is 1. The van der Waals surface area contributed by atoms with Crippen LogP contribution in [0.25, 0.3) is 0 Å². The summed E-state index contributed by atoms with van der Waals surface area (Å²) in [5.74, 6) is 0.953. The molecule has 0 unspecified atom stereocenters. The fourth-order valence-corrected chi connectivity index (χ4v) is 2.88. The molecule has 1 saturated heterocycles. The number of amides is 1. The van der Waals surface area contributed by atoms with Crippen molar-refractivity contribution in [2.75, 3.05) is 26.8 Å². The van der Waals surface area contributed by atoms with E-state index in [2.05, 4.69) is 17.1 Å². The van der Waals surface area contributed by atoms with Crippen molar-refractivity contribution in [3.63, 3.8) is 0 Å². The largest absolute Gasteiger partial charge is 0.385 e. The van der Waals surface area contributed by atoms with Crippen LogP contribution < -0.4 is 5.32 Å². The second kappa shape index (κ2) is 8.54. The molecular weight excluding hydrogens is 240 g/mol. The third-order valence-electron chi connectivity index (χ3n) is 3.88. The van der Waals surface area contributed by atoms with E-state index in [4.69, 9.17) is 4.74 Å². The van der Waals surface area contributed by atoms with Crippen LogP contribution in [-0.4, -0.2) is 49.7 Å². The van der Waals surface area contributed by atoms with E-state index >= 15 is 0 Å². The Morgan fingerprint density at radius 3 is 2.79 bits per heavy atom. The molecule has 1 N–H and O–H groups in total. The van der Waals surface area contributed by atoms with Gasteiger partial charge >= 0.3 is 0 Å². The zero-order valence-corrected chi connectivity index (χ0v) is 12.9. The number of nitrogens with one attached hydrogen (secondary N) is 1. The Morgan fingerprint density at radius 1 is 1.47 bits per heavy atom. The lowest BCUT2D eigenvalue weighted by Gasteiger charge is -2.37. The second-order valence-electron chi connectivity index (χ2n) is 6.07. The van der Waals surface area contributed by atoms with Gasteiger partial charge in [0.1, 0.15) is 0 Å². The molecule has 4 nitrogen and oxygen atoms in total. The van der Waals surface area contributed by atoms with Crippen LogP contribution in [-0.2, 0) is 9.53 Å². The van der Waals surface area contributed by atoms with Crippen LogP contribution in [0.3, 0.4) is 0 Å². The van der Waals surface area contributed by atoms with Crippen molar-refractivity contribution >= 4 is 5.91 Å². The van der Waals surface area contributed by atoms with Crippen molar-refractivity contribution in [2.45, 2.75) is 58.5 Å². The van der Waals surface area contributed by atoms with Crippen molar-refractivity contribution < 1.29 is 9.53 Å². The molecule has 1 aliphatic rings. The normalized spacial score (nSPS) is 24.7. The summed E-state index contributed by atoms with van der Waals surface area (Å²) >= 11 is 0. The maximum atomic E-state index is 11.8. The topological polar surface area (TPSA) is 41.6 Å². The number of carbonyl (C=O) groups is 1. The Hall–Kier alpha value is -0.610. The highest BCUT2D eigenvalue weighted by Crippen LogP contribution is 2.26. The lowest BCUT2D eigenvalue weighted by molar-refractivity contribution is -0.123. The predicted octanol–water partition coefficient (Wildman–Crippen LogP) is 2.04. The highest BCUT2D eigenvalue weighted by atomic mass is 16.5. The molecule has 0 aromatic carbocycles. The number of rotatable bonds is 7. The van der Waals surface area contributed by atoms with E-state index in [1.165, 1.54) is 19.3 Å². The summed E-state index contributed by atoms with van der Waals surface area (Å²) in [6.45, 7) is 8.71. The number of nitrogens with zero attached hydrogens (tertiary/aromatic N) is 1. The van der Waals surface area contributed by atoms with Crippen LogP contribution in [0.5, 0.6) is 0 Å². The molecule has 0 bridgehead atoms. The first-order chi connectivity index (χ1) is 9.02. The van der Waals surface area contributed by atoms with E-state index in [0.29, 0.717) is 12.6 Å². The van der Waals surface area contributed by atoms with E-state index in [0.717, 1.165) is 25.5 Å². The van der Waals surface area contributed by atoms with Gasteiger partial charge in [0.15, 0.2) is 0 Å². The van der Waals surface area contributed by atoms with Gasteiger partial charge in [-0.2, -0.15) is 0 Å². The van der Waals surface area contributed by atoms with Gasteiger partial charge in [-0.25, -0.2) is 0 Å². The van der Waals surface area contributed by atoms with Crippen LogP contribution in [0.4, 0.5) is 0 Å². The molecule has 1 rings (SSSR count). The number of methoxy groups -OCH3 is 1. The van der Waals surface area contributed by atoms with Gasteiger partial charge in [-0.15, -0.1) is 0 Å². The molecule has 1 aliphatic heterocycles. The average Bonchev–Trinajstić information content (AvgIpc) is 2.32. The fraction of sp³-hybridized carbons (Fsp3) is 0.933. The van der Waals surface area contributed by atoms with Gasteiger partial charge in [-0.1, -0.05) is 0 Å². The minimum absolute atomic E-state index is 0.152. The van der Waals surface area contributed by atoms with Crippen LogP contribution >= 0.6 is 0 Å². The maximum Gasteiger partial charge on any atom is 0.234 e. The van der Waals surface area contributed by atoms with Gasteiger partial charge in [0.25, 0.3) is 0 Å². The van der Waals surface area contributed by atoms with Crippen molar-refractivity contribution in [2.24, 2.45) is 5.92 Å². The minimum Gasteiger partial charge on any atom is -0.385 e. The molecule has 0 spiro atoms. The summed E-state index contributed by atoms with van der Waals surface area (Å²) in [4.78, 5) is 14.1. The minimum atomic E-state index is 0.152. The lowest BCUT2D eigenvalue weighted by Crippen LogP contribution is -2.47. The highest BCUT2D eigenvalue weighted by Gasteiger charge is 2.26. The Morgan fingerprint density at radius 2 is 2.21 bits per heavy atom. The molecule has 0 aromatic heterocycles. The van der Waals surface area contributed by atoms with Crippen molar-refractivity contribution in [3.8, 4) is 0 Å². The summed E-state index contributed by atoms with van der Waals surface area (Å²) < 4.78 is 5.11. The van der Waals surface area contributed by atoms with E-state index in [-0.39, 0.29) is 11.9 Å². The third-order valence-corrected chi connectivity index (χ3v) is 3.88. The van der Waals surface area contributed by atoms with Gasteiger partial charge in [0, 0.05) is 25.8 Å². The molecule has 0 aliphatic carbocycles. The molecule has 0 radical (unpaired) electrons. The average molecular weight is 270 g/mol. The van der Waals surface area contributed by atoms with E-state index < -0.39 is 0 Å². The molecule has 1 heterocycles. The first kappa shape index (κ1) is 16.4. The molecule has 0 saturated carbocycles. The maximum absolute atomic E-state index is 11.8. The molecule has 1 fully saturated rings. The van der Waals surface area contributed by atoms with Crippen LogP contribution in [0.2, 0.25) is 0 Å². The van der Waals surface area contributed by atoms with Gasteiger partial charge in [-0.3, -0.25) is 9.69 Å². The second-order valence-corrected chi connectivity index (χ2v) is 6.07. The zero-order valence-electron chi connectivity index (χ0n) is 12.9. The number of carbonyl (C=O) groups excluding carboxylic acids is 1.